The number of amides is 8. The van der Waals surface area contributed by atoms with Gasteiger partial charge in [0.2, 0.25) is 29.5 Å². The van der Waals surface area contributed by atoms with Crippen LogP contribution in [0.2, 0.25) is 0 Å². The average Bonchev–Trinajstić information content (AvgIpc) is 0.855. The number of aliphatic hydroxyl groups excluding tert-OH is 7. The van der Waals surface area contributed by atoms with Crippen molar-refractivity contribution in [2.75, 3.05) is 32.0 Å². The van der Waals surface area contributed by atoms with E-state index >= 15 is 4.79 Å². The third kappa shape index (κ3) is 19.5. The lowest BCUT2D eigenvalue weighted by atomic mass is 9.96. The molecule has 19 atom stereocenters. The smallest absolute Gasteiger partial charge is 0.404 e. The molecule has 39 nitrogen and oxygen atoms in total. The predicted octanol–water partition coefficient (Wildman–Crippen LogP) is -7.62. The van der Waals surface area contributed by atoms with E-state index in [4.69, 9.17) is 63.5 Å². The van der Waals surface area contributed by atoms with Gasteiger partial charge in [-0.25, -0.2) is 29.7 Å². The highest BCUT2D eigenvalue weighted by Gasteiger charge is 2.53. The van der Waals surface area contributed by atoms with Crippen LogP contribution in [0.15, 0.2) is 23.3 Å². The van der Waals surface area contributed by atoms with Crippen LogP contribution in [0.1, 0.15) is 95.7 Å². The number of hydrogen-bond donors (Lipinski definition) is 21. The third-order valence-corrected chi connectivity index (χ3v) is 16.7. The summed E-state index contributed by atoms with van der Waals surface area (Å²) in [7, 11) is 0. The molecule has 2 aliphatic heterocycles. The molecule has 41 heteroatoms. The number of hydrogen-bond acceptors (Lipinski definition) is 31. The Morgan fingerprint density at radius 3 is 2.15 bits per heavy atom. The second kappa shape index (κ2) is 33.8. The number of primary amides is 3. The van der Waals surface area contributed by atoms with E-state index in [0.717, 1.165) is 12.5 Å². The molecule has 2 aliphatic rings. The highest BCUT2D eigenvalue weighted by molar-refractivity contribution is 7.14. The summed E-state index contributed by atoms with van der Waals surface area (Å²) in [6, 6.07) is -7.75. The summed E-state index contributed by atoms with van der Waals surface area (Å²) in [5, 5.41) is 105. The zero-order valence-electron chi connectivity index (χ0n) is 51.2. The van der Waals surface area contributed by atoms with Crippen molar-refractivity contribution in [1.82, 2.24) is 61.8 Å². The van der Waals surface area contributed by atoms with Crippen LogP contribution in [0.5, 0.6) is 0 Å². The summed E-state index contributed by atoms with van der Waals surface area (Å²) >= 11 is 2.42. The number of nitrogens with two attached hydrogens (primary N) is 6. The maximum absolute atomic E-state index is 15.2. The summed E-state index contributed by atoms with van der Waals surface area (Å²) in [6.07, 6.45) is -23.5. The lowest BCUT2D eigenvalue weighted by Crippen LogP contribution is -2.65. The molecule has 4 aromatic heterocycles. The molecular formula is C53H79N19O20S2. The molecule has 0 aromatic carbocycles. The normalized spacial score (nSPS) is 24.1. The molecule has 6 heterocycles. The summed E-state index contributed by atoms with van der Waals surface area (Å²) < 4.78 is 28.9. The Bertz CT molecular complexity index is 3290. The van der Waals surface area contributed by atoms with Crippen molar-refractivity contribution >= 4 is 81.8 Å². The van der Waals surface area contributed by atoms with Crippen molar-refractivity contribution in [3.63, 3.8) is 0 Å². The van der Waals surface area contributed by atoms with Crippen LogP contribution in [0, 0.1) is 18.3 Å². The quantitative estimate of drug-likeness (QED) is 0.0156. The summed E-state index contributed by atoms with van der Waals surface area (Å²) in [4.78, 5) is 130. The van der Waals surface area contributed by atoms with Crippen LogP contribution >= 0.6 is 22.7 Å². The van der Waals surface area contributed by atoms with E-state index in [1.54, 1.807) is 10.8 Å². The van der Waals surface area contributed by atoms with Gasteiger partial charge in [0.25, 0.3) is 11.8 Å². The zero-order valence-corrected chi connectivity index (χ0v) is 52.8. The molecule has 6 rings (SSSR count). The second-order valence-electron chi connectivity index (χ2n) is 22.0. The largest absolute Gasteiger partial charge is 0.441 e. The number of amidine groups is 1. The Hall–Kier alpha value is -8.14. The molecule has 0 radical (unpaired) electrons. The molecule has 4 aromatic rings. The van der Waals surface area contributed by atoms with Crippen molar-refractivity contribution in [2.45, 2.75) is 164 Å². The fourth-order valence-electron chi connectivity index (χ4n) is 9.49. The Balaban J connectivity index is 1.26. The third-order valence-electron chi connectivity index (χ3n) is 14.9. The number of thiazole rings is 2. The number of nitrogen functional groups attached to an aromatic ring is 1. The summed E-state index contributed by atoms with van der Waals surface area (Å²) in [5.41, 5.74) is 33.3. The Labute approximate surface area is 542 Å². The Morgan fingerprint density at radius 1 is 0.809 bits per heavy atom. The van der Waals surface area contributed by atoms with Gasteiger partial charge in [-0.05, 0) is 27.7 Å². The number of nitrogens with zero attached hydrogens (tertiary/aromatic N) is 5. The van der Waals surface area contributed by atoms with Crippen molar-refractivity contribution in [1.29, 1.82) is 5.41 Å². The van der Waals surface area contributed by atoms with Crippen LogP contribution in [0.4, 0.5) is 10.6 Å². The van der Waals surface area contributed by atoms with E-state index in [2.05, 4.69) is 61.8 Å². The molecule has 94 heavy (non-hydrogen) atoms. The van der Waals surface area contributed by atoms with Gasteiger partial charge in [0.05, 0.1) is 78.0 Å². The number of nitrogens with one attached hydrogen (secondary N) is 8. The number of anilines is 1. The first-order chi connectivity index (χ1) is 44.3. The van der Waals surface area contributed by atoms with Gasteiger partial charge in [-0.1, -0.05) is 6.92 Å². The Morgan fingerprint density at radius 2 is 1.52 bits per heavy atom. The molecule has 27 N–H and O–H groups in total. The van der Waals surface area contributed by atoms with Crippen molar-refractivity contribution in [3.8, 4) is 10.7 Å². The molecule has 0 saturated carbocycles. The minimum atomic E-state index is -2.13. The van der Waals surface area contributed by atoms with Crippen LogP contribution in [-0.4, -0.2) is 243 Å². The van der Waals surface area contributed by atoms with Crippen molar-refractivity contribution < 1.29 is 97.8 Å². The monoisotopic (exact) mass is 1370 g/mol. The molecule has 518 valence electrons. The summed E-state index contributed by atoms with van der Waals surface area (Å²) in [5.74, 6) is -8.80. The van der Waals surface area contributed by atoms with Crippen LogP contribution in [0.25, 0.3) is 10.7 Å². The first kappa shape index (κ1) is 74.9. The second-order valence-corrected chi connectivity index (χ2v) is 23.8. The SMILES string of the molecule is Cc1c(N)nc(C(CC(N)=O)NCC(N)C(N)=O)nc1C(=O)NC(C(=O)NC(C)C(O)C(C)C(=O)NC(C(=O)NCCc1nc(-c2nc(C(=O)NCCC(=N)N)cs2)cs1)C(C)O)C(O[C@@H]1O[C@@H](C)[C@@H](O)[C@H](O)[C@@H]1O[C@H]1O[C@H](CO)[C@@H](O)[C@H](OC(N)=O)[C@@H]1O)c1cnc[nH]1. The zero-order chi connectivity index (χ0) is 69.6. The van der Waals surface area contributed by atoms with Gasteiger partial charge in [-0.15, -0.1) is 22.7 Å². The van der Waals surface area contributed by atoms with Crippen LogP contribution in [-0.2, 0) is 54.1 Å². The molecular weight excluding hydrogens is 1290 g/mol. The molecule has 0 spiro atoms. The molecule has 0 bridgehead atoms. The van der Waals surface area contributed by atoms with E-state index < -0.39 is 182 Å². The van der Waals surface area contributed by atoms with E-state index in [-0.39, 0.29) is 66.9 Å². The van der Waals surface area contributed by atoms with Gasteiger partial charge in [-0.3, -0.25) is 39.0 Å². The maximum Gasteiger partial charge on any atom is 0.404 e. The van der Waals surface area contributed by atoms with Gasteiger partial charge in [0, 0.05) is 55.2 Å². The highest BCUT2D eigenvalue weighted by Crippen LogP contribution is 2.35. The van der Waals surface area contributed by atoms with Crippen molar-refractivity contribution in [3.05, 3.63) is 56.8 Å². The maximum atomic E-state index is 15.2. The number of H-pyrrole nitrogens is 1. The number of carbonyl (C=O) groups is 8. The van der Waals surface area contributed by atoms with Gasteiger partial charge in [-0.2, -0.15) is 0 Å². The van der Waals surface area contributed by atoms with Gasteiger partial charge in [0.15, 0.2) is 18.7 Å². The molecule has 0 aliphatic carbocycles. The van der Waals surface area contributed by atoms with Crippen molar-refractivity contribution in [2.24, 2.45) is 34.6 Å². The van der Waals surface area contributed by atoms with E-state index in [1.165, 1.54) is 57.3 Å². The number of aromatic nitrogens is 6. The number of imidazole rings is 1. The highest BCUT2D eigenvalue weighted by atomic mass is 32.1. The molecule has 8 amide bonds. The van der Waals surface area contributed by atoms with Crippen LogP contribution < -0.4 is 66.3 Å². The lowest BCUT2D eigenvalue weighted by molar-refractivity contribution is -0.369. The molecule has 9 unspecified atom stereocenters. The first-order valence-corrected chi connectivity index (χ1v) is 30.7. The number of carbonyl (C=O) groups excluding carboxylic acids is 8. The standard InChI is InChI=1S/C53H79N19O20S2/c1-17-31(69-44(72-42(17)58)23(10-29(57)75)64-11-22(54)43(59)81)48(85)71-33(39(24-12-61-16-65-24)90-52-41(37(79)35(77)21(5)88-52)91-51-38(80)40(92-53(60)87)36(78)27(13-73)89-51)49(86)66-19(3)34(76)18(2)45(82)70-32(20(4)74)47(84)63-9-7-30-67-26(15-93-30)50-68-25(14-94-50)46(83)62-8-6-28(55)56/h12,14-16,18-23,27,32-41,51-52,64,73-74,76-80H,6-11,13,54H2,1-5H3,(H3,55,56)(H2,57,75)(H2,59,81)(H2,60,87)(H,61,65)(H,62,83)(H,63,84)(H,66,86)(H,70,82)(H,71,85)(H2,58,69,72)/t18?,19?,20?,21-,22?,23?,27+,32?,33?,34?,35+,36+,37-,38-,39?,40-,41-,51+,52-/m0/s1. The number of aromatic amines is 1. The van der Waals surface area contributed by atoms with Gasteiger partial charge in [0.1, 0.15) is 88.5 Å². The lowest BCUT2D eigenvalue weighted by Gasteiger charge is -2.46. The minimum absolute atomic E-state index is 0.0226. The molecule has 2 fully saturated rings. The fourth-order valence-corrected chi connectivity index (χ4v) is 11.1. The van der Waals surface area contributed by atoms with E-state index in [9.17, 15) is 69.3 Å². The minimum Gasteiger partial charge on any atom is -0.441 e. The van der Waals surface area contributed by atoms with Gasteiger partial charge < -0.3 is 131 Å². The predicted molar refractivity (Wildman–Crippen MR) is 325 cm³/mol. The number of ether oxygens (including phenoxy) is 5. The van der Waals surface area contributed by atoms with Crippen LogP contribution in [0.3, 0.4) is 0 Å². The summed E-state index contributed by atoms with van der Waals surface area (Å²) in [6.45, 7) is 5.17. The topological polar surface area (TPSA) is 657 Å². The Kier molecular flexibility index (Phi) is 26.9. The fraction of sp³-hybridized carbons (Fsp3) is 0.585. The van der Waals surface area contributed by atoms with E-state index in [0.29, 0.717) is 15.7 Å². The number of aliphatic hydroxyl groups is 7. The first-order valence-electron chi connectivity index (χ1n) is 29.0. The van der Waals surface area contributed by atoms with E-state index in [1.807, 2.05) is 0 Å². The van der Waals surface area contributed by atoms with Gasteiger partial charge >= 0.3 is 6.09 Å². The molecule has 2 saturated heterocycles. The number of rotatable bonds is 33. The average molecular weight is 1370 g/mol.